The summed E-state index contributed by atoms with van der Waals surface area (Å²) in [4.78, 5) is 24.1. The number of rotatable bonds is 8. The topological polar surface area (TPSA) is 125 Å². The van der Waals surface area contributed by atoms with Crippen LogP contribution in [0.25, 0.3) is 0 Å². The van der Waals surface area contributed by atoms with Gasteiger partial charge in [0.25, 0.3) is 0 Å². The van der Waals surface area contributed by atoms with Crippen molar-refractivity contribution in [1.29, 1.82) is 0 Å². The number of methoxy groups -OCH3 is 1. The van der Waals surface area contributed by atoms with E-state index in [-0.39, 0.29) is 29.4 Å². The third kappa shape index (κ3) is 4.78. The second-order valence-corrected chi connectivity index (χ2v) is 7.99. The lowest BCUT2D eigenvalue weighted by Gasteiger charge is -2.10. The minimum Gasteiger partial charge on any atom is -0.468 e. The van der Waals surface area contributed by atoms with Crippen molar-refractivity contribution in [3.05, 3.63) is 77.1 Å². The molecule has 2 heterocycles. The van der Waals surface area contributed by atoms with Crippen LogP contribution >= 0.6 is 0 Å². The Morgan fingerprint density at radius 2 is 1.87 bits per heavy atom. The third-order valence-corrected chi connectivity index (χ3v) is 5.63. The molecule has 158 valence electrons. The van der Waals surface area contributed by atoms with Crippen LogP contribution in [0.2, 0.25) is 0 Å². The molecular formula is C20H19NO8S. The monoisotopic (exact) mass is 433 g/mol. The highest BCUT2D eigenvalue weighted by Crippen LogP contribution is 2.19. The van der Waals surface area contributed by atoms with E-state index in [9.17, 15) is 18.0 Å². The highest BCUT2D eigenvalue weighted by atomic mass is 32.2. The standard InChI is InChI=1S/C20H19NO8S/c1-13-5-6-16(30(24,25)21-11-15-4-3-8-27-15)10-17(13)19(22)29-12-14-7-9-28-18(14)20(23)26-2/h3-10,21H,11-12H2,1-2H3. The Bertz CT molecular complexity index is 1150. The van der Waals surface area contributed by atoms with Gasteiger partial charge in [-0.2, -0.15) is 0 Å². The number of esters is 2. The molecular weight excluding hydrogens is 414 g/mol. The van der Waals surface area contributed by atoms with Gasteiger partial charge in [-0.3, -0.25) is 0 Å². The van der Waals surface area contributed by atoms with Crippen molar-refractivity contribution in [2.45, 2.75) is 25.0 Å². The van der Waals surface area contributed by atoms with E-state index in [1.165, 1.54) is 43.9 Å². The van der Waals surface area contributed by atoms with E-state index in [4.69, 9.17) is 13.6 Å². The normalized spacial score (nSPS) is 11.3. The first-order chi connectivity index (χ1) is 14.3. The van der Waals surface area contributed by atoms with Gasteiger partial charge in [0.2, 0.25) is 15.8 Å². The molecule has 0 fully saturated rings. The zero-order valence-electron chi connectivity index (χ0n) is 16.2. The maximum absolute atomic E-state index is 12.5. The molecule has 1 N–H and O–H groups in total. The van der Waals surface area contributed by atoms with Crippen LogP contribution in [0.3, 0.4) is 0 Å². The van der Waals surface area contributed by atoms with Crippen molar-refractivity contribution < 1.29 is 36.3 Å². The number of hydrogen-bond donors (Lipinski definition) is 1. The molecule has 0 spiro atoms. The van der Waals surface area contributed by atoms with Crippen molar-refractivity contribution >= 4 is 22.0 Å². The fraction of sp³-hybridized carbons (Fsp3) is 0.200. The highest BCUT2D eigenvalue weighted by Gasteiger charge is 2.21. The molecule has 0 aliphatic heterocycles. The van der Waals surface area contributed by atoms with Crippen LogP contribution in [0.15, 0.2) is 62.7 Å². The Labute approximate surface area is 172 Å². The lowest BCUT2D eigenvalue weighted by molar-refractivity contribution is 0.0452. The SMILES string of the molecule is COC(=O)c1occc1COC(=O)c1cc(S(=O)(=O)NCc2ccco2)ccc1C. The van der Waals surface area contributed by atoms with E-state index in [0.29, 0.717) is 16.9 Å². The fourth-order valence-electron chi connectivity index (χ4n) is 2.59. The molecule has 0 atom stereocenters. The summed E-state index contributed by atoms with van der Waals surface area (Å²) < 4.78 is 47.5. The van der Waals surface area contributed by atoms with Crippen LogP contribution in [-0.4, -0.2) is 27.5 Å². The smallest absolute Gasteiger partial charge is 0.374 e. The van der Waals surface area contributed by atoms with Crippen LogP contribution in [0.4, 0.5) is 0 Å². The van der Waals surface area contributed by atoms with E-state index in [0.717, 1.165) is 0 Å². The minimum atomic E-state index is -3.88. The Morgan fingerprint density at radius 3 is 2.57 bits per heavy atom. The van der Waals surface area contributed by atoms with Gasteiger partial charge in [0, 0.05) is 5.56 Å². The summed E-state index contributed by atoms with van der Waals surface area (Å²) in [6.45, 7) is 1.38. The maximum Gasteiger partial charge on any atom is 0.374 e. The van der Waals surface area contributed by atoms with Gasteiger partial charge in [0.15, 0.2) is 0 Å². The van der Waals surface area contributed by atoms with E-state index < -0.39 is 22.0 Å². The summed E-state index contributed by atoms with van der Waals surface area (Å²) in [6.07, 6.45) is 2.72. The van der Waals surface area contributed by atoms with Crippen molar-refractivity contribution in [3.8, 4) is 0 Å². The van der Waals surface area contributed by atoms with Crippen LogP contribution in [-0.2, 0) is 32.6 Å². The van der Waals surface area contributed by atoms with Crippen molar-refractivity contribution in [1.82, 2.24) is 4.72 Å². The third-order valence-electron chi connectivity index (χ3n) is 4.23. The fourth-order valence-corrected chi connectivity index (χ4v) is 3.61. The minimum absolute atomic E-state index is 0.0280. The van der Waals surface area contributed by atoms with Crippen molar-refractivity contribution in [2.75, 3.05) is 7.11 Å². The lowest BCUT2D eigenvalue weighted by Crippen LogP contribution is -2.23. The van der Waals surface area contributed by atoms with Crippen LogP contribution < -0.4 is 4.72 Å². The number of benzene rings is 1. The number of hydrogen-bond acceptors (Lipinski definition) is 8. The van der Waals surface area contributed by atoms with E-state index >= 15 is 0 Å². The lowest BCUT2D eigenvalue weighted by atomic mass is 10.1. The number of nitrogens with one attached hydrogen (secondary N) is 1. The molecule has 10 heteroatoms. The number of sulfonamides is 1. The van der Waals surface area contributed by atoms with Gasteiger partial charge in [-0.15, -0.1) is 0 Å². The molecule has 2 aromatic heterocycles. The summed E-state index contributed by atoms with van der Waals surface area (Å²) in [5, 5.41) is 0. The van der Waals surface area contributed by atoms with Gasteiger partial charge in [-0.1, -0.05) is 6.07 Å². The van der Waals surface area contributed by atoms with E-state index in [2.05, 4.69) is 9.46 Å². The number of furan rings is 2. The Hall–Kier alpha value is -3.37. The van der Waals surface area contributed by atoms with Gasteiger partial charge >= 0.3 is 11.9 Å². The van der Waals surface area contributed by atoms with Crippen molar-refractivity contribution in [2.24, 2.45) is 0 Å². The van der Waals surface area contributed by atoms with E-state index in [1.807, 2.05) is 0 Å². The molecule has 30 heavy (non-hydrogen) atoms. The summed E-state index contributed by atoms with van der Waals surface area (Å²) in [7, 11) is -2.68. The molecule has 3 aromatic rings. The predicted molar refractivity (Wildman–Crippen MR) is 103 cm³/mol. The van der Waals surface area contributed by atoms with Gasteiger partial charge in [0.05, 0.1) is 36.6 Å². The molecule has 0 bridgehead atoms. The first-order valence-corrected chi connectivity index (χ1v) is 10.2. The van der Waals surface area contributed by atoms with Gasteiger partial charge < -0.3 is 18.3 Å². The van der Waals surface area contributed by atoms with Gasteiger partial charge in [-0.05, 0) is 42.8 Å². The second-order valence-electron chi connectivity index (χ2n) is 6.22. The summed E-state index contributed by atoms with van der Waals surface area (Å²) in [5.41, 5.74) is 0.945. The molecule has 0 unspecified atom stereocenters. The predicted octanol–water partition coefficient (Wildman–Crippen LogP) is 2.80. The summed E-state index contributed by atoms with van der Waals surface area (Å²) >= 11 is 0. The van der Waals surface area contributed by atoms with Gasteiger partial charge in [0.1, 0.15) is 12.4 Å². The first kappa shape index (κ1) is 21.3. The average Bonchev–Trinajstić information content (AvgIpc) is 3.42. The summed E-state index contributed by atoms with van der Waals surface area (Å²) in [5.74, 6) is -1.06. The molecule has 0 aliphatic carbocycles. The summed E-state index contributed by atoms with van der Waals surface area (Å²) in [6, 6.07) is 8.90. The molecule has 1 aromatic carbocycles. The zero-order chi connectivity index (χ0) is 21.7. The molecule has 0 saturated carbocycles. The Kier molecular flexibility index (Phi) is 6.38. The largest absolute Gasteiger partial charge is 0.468 e. The Balaban J connectivity index is 1.73. The van der Waals surface area contributed by atoms with E-state index in [1.54, 1.807) is 19.1 Å². The molecule has 0 amide bonds. The zero-order valence-corrected chi connectivity index (χ0v) is 17.0. The van der Waals surface area contributed by atoms with Crippen LogP contribution in [0.1, 0.15) is 37.8 Å². The quantitative estimate of drug-likeness (QED) is 0.538. The molecule has 3 rings (SSSR count). The average molecular weight is 433 g/mol. The number of carbonyl (C=O) groups is 2. The molecule has 0 aliphatic rings. The number of carbonyl (C=O) groups excluding carboxylic acids is 2. The van der Waals surface area contributed by atoms with Gasteiger partial charge in [-0.25, -0.2) is 22.7 Å². The number of ether oxygens (including phenoxy) is 2. The molecule has 0 radical (unpaired) electrons. The maximum atomic E-state index is 12.5. The first-order valence-electron chi connectivity index (χ1n) is 8.76. The van der Waals surface area contributed by atoms with Crippen LogP contribution in [0, 0.1) is 6.92 Å². The van der Waals surface area contributed by atoms with Crippen LogP contribution in [0.5, 0.6) is 0 Å². The molecule has 0 saturated heterocycles. The Morgan fingerprint density at radius 1 is 1.07 bits per heavy atom. The van der Waals surface area contributed by atoms with Crippen molar-refractivity contribution in [3.63, 3.8) is 0 Å². The number of aryl methyl sites for hydroxylation is 1. The second kappa shape index (κ2) is 8.97. The highest BCUT2D eigenvalue weighted by molar-refractivity contribution is 7.89. The molecule has 9 nitrogen and oxygen atoms in total.